The zero-order valence-corrected chi connectivity index (χ0v) is 12.9. The van der Waals surface area contributed by atoms with Gasteiger partial charge in [-0.2, -0.15) is 5.10 Å². The van der Waals surface area contributed by atoms with Crippen molar-refractivity contribution >= 4 is 28.1 Å². The Kier molecular flexibility index (Phi) is 6.47. The molecule has 0 saturated heterocycles. The summed E-state index contributed by atoms with van der Waals surface area (Å²) in [5.41, 5.74) is 0.171. The summed E-state index contributed by atoms with van der Waals surface area (Å²) in [6, 6.07) is 0. The summed E-state index contributed by atoms with van der Waals surface area (Å²) in [6.45, 7) is 1.70. The van der Waals surface area contributed by atoms with Crippen LogP contribution < -0.4 is 10.9 Å². The molecule has 108 valence electrons. The molecule has 0 bridgehead atoms. The number of hydrogen-bond acceptors (Lipinski definition) is 5. The van der Waals surface area contributed by atoms with Crippen molar-refractivity contribution in [2.24, 2.45) is 0 Å². The van der Waals surface area contributed by atoms with E-state index in [1.54, 1.807) is 6.26 Å². The third-order valence-corrected chi connectivity index (χ3v) is 3.59. The lowest BCUT2D eigenvalue weighted by molar-refractivity contribution is 0.367. The molecule has 0 aromatic carbocycles. The summed E-state index contributed by atoms with van der Waals surface area (Å²) < 4.78 is 12.3. The van der Waals surface area contributed by atoms with Crippen LogP contribution in [0.15, 0.2) is 11.0 Å². The first-order chi connectivity index (χ1) is 8.91. The smallest absolute Gasteiger partial charge is 0.287 e. The molecule has 0 aliphatic heterocycles. The SMILES string of the molecule is CN(C)CCn1ncc(NCCS(C)=O)c(Cl)c1=O. The van der Waals surface area contributed by atoms with Crippen molar-refractivity contribution in [1.29, 1.82) is 0 Å². The minimum atomic E-state index is -0.879. The van der Waals surface area contributed by atoms with E-state index in [1.165, 1.54) is 10.9 Å². The van der Waals surface area contributed by atoms with E-state index in [9.17, 15) is 9.00 Å². The van der Waals surface area contributed by atoms with E-state index in [-0.39, 0.29) is 10.6 Å². The number of rotatable bonds is 7. The Morgan fingerprint density at radius 3 is 2.79 bits per heavy atom. The van der Waals surface area contributed by atoms with Gasteiger partial charge in [0.05, 0.1) is 18.4 Å². The molecule has 8 heteroatoms. The lowest BCUT2D eigenvalue weighted by Crippen LogP contribution is -2.29. The van der Waals surface area contributed by atoms with Crippen LogP contribution in [0.3, 0.4) is 0 Å². The topological polar surface area (TPSA) is 67.2 Å². The molecule has 0 radical (unpaired) electrons. The molecule has 0 saturated carbocycles. The van der Waals surface area contributed by atoms with Crippen molar-refractivity contribution in [3.05, 3.63) is 21.6 Å². The fraction of sp³-hybridized carbons (Fsp3) is 0.636. The van der Waals surface area contributed by atoms with Gasteiger partial charge in [-0.3, -0.25) is 9.00 Å². The molecule has 1 atom stereocenters. The van der Waals surface area contributed by atoms with Gasteiger partial charge in [-0.25, -0.2) is 4.68 Å². The molecule has 1 rings (SSSR count). The Labute approximate surface area is 120 Å². The van der Waals surface area contributed by atoms with Gasteiger partial charge >= 0.3 is 0 Å². The van der Waals surface area contributed by atoms with Crippen LogP contribution in [0.5, 0.6) is 0 Å². The summed E-state index contributed by atoms with van der Waals surface area (Å²) >= 11 is 6.00. The van der Waals surface area contributed by atoms with Gasteiger partial charge in [0.15, 0.2) is 0 Å². The maximum Gasteiger partial charge on any atom is 0.287 e. The van der Waals surface area contributed by atoms with Crippen LogP contribution >= 0.6 is 11.6 Å². The van der Waals surface area contributed by atoms with E-state index in [0.29, 0.717) is 31.1 Å². The Morgan fingerprint density at radius 2 is 2.21 bits per heavy atom. The number of anilines is 1. The van der Waals surface area contributed by atoms with Crippen LogP contribution in [0.2, 0.25) is 5.02 Å². The summed E-state index contributed by atoms with van der Waals surface area (Å²) in [7, 11) is 2.97. The molecular weight excluding hydrogens is 288 g/mol. The second kappa shape index (κ2) is 7.62. The summed E-state index contributed by atoms with van der Waals surface area (Å²) in [5.74, 6) is 0.500. The summed E-state index contributed by atoms with van der Waals surface area (Å²) in [4.78, 5) is 13.9. The van der Waals surface area contributed by atoms with Crippen molar-refractivity contribution in [1.82, 2.24) is 14.7 Å². The molecule has 0 amide bonds. The second-order valence-electron chi connectivity index (χ2n) is 4.41. The third kappa shape index (κ3) is 5.30. The van der Waals surface area contributed by atoms with E-state index in [1.807, 2.05) is 19.0 Å². The van der Waals surface area contributed by atoms with Crippen LogP contribution in [0.1, 0.15) is 0 Å². The molecule has 0 aliphatic carbocycles. The van der Waals surface area contributed by atoms with Crippen LogP contribution in [0, 0.1) is 0 Å². The number of likely N-dealkylation sites (N-methyl/N-ethyl adjacent to an activating group) is 1. The molecule has 1 heterocycles. The van der Waals surface area contributed by atoms with Gasteiger partial charge in [-0.15, -0.1) is 0 Å². The first-order valence-corrected chi connectivity index (χ1v) is 7.96. The molecule has 0 aliphatic rings. The van der Waals surface area contributed by atoms with Gasteiger partial charge in [0.2, 0.25) is 0 Å². The molecule has 1 N–H and O–H groups in total. The predicted octanol–water partition coefficient (Wildman–Crippen LogP) is 0.249. The van der Waals surface area contributed by atoms with E-state index in [4.69, 9.17) is 11.6 Å². The zero-order chi connectivity index (χ0) is 14.4. The van der Waals surface area contributed by atoms with Gasteiger partial charge in [0, 0.05) is 35.9 Å². The number of hydrogen-bond donors (Lipinski definition) is 1. The van der Waals surface area contributed by atoms with E-state index in [0.717, 1.165) is 0 Å². The fourth-order valence-corrected chi connectivity index (χ4v) is 1.97. The Balaban J connectivity index is 2.74. The standard InChI is InChI=1S/C11H19ClN4O2S/c1-15(2)5-6-16-11(17)10(12)9(8-14-16)13-4-7-19(3)18/h8,13H,4-7H2,1-3H3. The highest BCUT2D eigenvalue weighted by Crippen LogP contribution is 2.14. The van der Waals surface area contributed by atoms with Crippen LogP contribution in [-0.4, -0.2) is 58.1 Å². The van der Waals surface area contributed by atoms with Crippen molar-refractivity contribution in [3.8, 4) is 0 Å². The molecule has 6 nitrogen and oxygen atoms in total. The highest BCUT2D eigenvalue weighted by molar-refractivity contribution is 7.84. The van der Waals surface area contributed by atoms with Crippen molar-refractivity contribution in [2.45, 2.75) is 6.54 Å². The lowest BCUT2D eigenvalue weighted by Gasteiger charge is -2.12. The van der Waals surface area contributed by atoms with Crippen molar-refractivity contribution < 1.29 is 4.21 Å². The Bertz CT molecular complexity index is 504. The van der Waals surface area contributed by atoms with Crippen molar-refractivity contribution in [2.75, 3.05) is 44.5 Å². The van der Waals surface area contributed by atoms with E-state index < -0.39 is 10.8 Å². The molecular formula is C11H19ClN4O2S. The molecule has 1 unspecified atom stereocenters. The van der Waals surface area contributed by atoms with Crippen molar-refractivity contribution in [3.63, 3.8) is 0 Å². The van der Waals surface area contributed by atoms with Gasteiger partial charge in [0.1, 0.15) is 5.02 Å². The quantitative estimate of drug-likeness (QED) is 0.782. The minimum absolute atomic E-state index is 0.121. The summed E-state index contributed by atoms with van der Waals surface area (Å²) in [5, 5.41) is 7.15. The monoisotopic (exact) mass is 306 g/mol. The number of halogens is 1. The zero-order valence-electron chi connectivity index (χ0n) is 11.4. The molecule has 19 heavy (non-hydrogen) atoms. The lowest BCUT2D eigenvalue weighted by atomic mass is 10.4. The normalized spacial score (nSPS) is 12.7. The summed E-state index contributed by atoms with van der Waals surface area (Å²) in [6.07, 6.45) is 3.15. The molecule has 1 aromatic heterocycles. The average molecular weight is 307 g/mol. The van der Waals surface area contributed by atoms with E-state index >= 15 is 0 Å². The predicted molar refractivity (Wildman–Crippen MR) is 79.5 cm³/mol. The van der Waals surface area contributed by atoms with Gasteiger partial charge < -0.3 is 10.2 Å². The maximum absolute atomic E-state index is 11.9. The van der Waals surface area contributed by atoms with Crippen LogP contribution in [0.25, 0.3) is 0 Å². The third-order valence-electron chi connectivity index (χ3n) is 2.45. The Hall–Kier alpha value is -0.920. The van der Waals surface area contributed by atoms with Crippen LogP contribution in [-0.2, 0) is 17.3 Å². The van der Waals surface area contributed by atoms with Crippen LogP contribution in [0.4, 0.5) is 5.69 Å². The maximum atomic E-state index is 11.9. The largest absolute Gasteiger partial charge is 0.381 e. The number of aromatic nitrogens is 2. The number of nitrogens with one attached hydrogen (secondary N) is 1. The first kappa shape index (κ1) is 16.1. The van der Waals surface area contributed by atoms with Gasteiger partial charge in [0.25, 0.3) is 5.56 Å². The highest BCUT2D eigenvalue weighted by atomic mass is 35.5. The Morgan fingerprint density at radius 1 is 1.53 bits per heavy atom. The molecule has 1 aromatic rings. The van der Waals surface area contributed by atoms with Gasteiger partial charge in [-0.05, 0) is 14.1 Å². The molecule has 0 fully saturated rings. The first-order valence-electron chi connectivity index (χ1n) is 5.86. The van der Waals surface area contributed by atoms with Gasteiger partial charge in [-0.1, -0.05) is 11.6 Å². The fourth-order valence-electron chi connectivity index (χ4n) is 1.37. The highest BCUT2D eigenvalue weighted by Gasteiger charge is 2.09. The molecule has 0 spiro atoms. The average Bonchev–Trinajstić information content (AvgIpc) is 2.33. The minimum Gasteiger partial charge on any atom is -0.381 e. The van der Waals surface area contributed by atoms with E-state index in [2.05, 4.69) is 10.4 Å². The number of nitrogens with zero attached hydrogens (tertiary/aromatic N) is 3. The second-order valence-corrected chi connectivity index (χ2v) is 6.34.